The number of ether oxygens (including phenoxy) is 1. The van der Waals surface area contributed by atoms with E-state index in [4.69, 9.17) is 0 Å². The van der Waals surface area contributed by atoms with Crippen LogP contribution in [-0.4, -0.2) is 45.6 Å². The minimum atomic E-state index is -3.22. The van der Waals surface area contributed by atoms with E-state index in [-0.39, 0.29) is 24.0 Å². The van der Waals surface area contributed by atoms with Gasteiger partial charge in [-0.15, -0.1) is 0 Å². The van der Waals surface area contributed by atoms with Crippen LogP contribution in [0.5, 0.6) is 0 Å². The van der Waals surface area contributed by atoms with Crippen molar-refractivity contribution in [2.24, 2.45) is 5.92 Å². The van der Waals surface area contributed by atoms with Gasteiger partial charge in [0, 0.05) is 6.04 Å². The first-order valence-electron chi connectivity index (χ1n) is 7.49. The summed E-state index contributed by atoms with van der Waals surface area (Å²) in [5, 5.41) is 3.37. The third kappa shape index (κ3) is 6.22. The van der Waals surface area contributed by atoms with E-state index < -0.39 is 15.8 Å². The average Bonchev–Trinajstić information content (AvgIpc) is 2.94. The van der Waals surface area contributed by atoms with Gasteiger partial charge in [-0.3, -0.25) is 4.79 Å². The van der Waals surface area contributed by atoms with Crippen molar-refractivity contribution in [2.45, 2.75) is 51.5 Å². The summed E-state index contributed by atoms with van der Waals surface area (Å²) in [7, 11) is -1.94. The Bertz CT molecular complexity index is 388. The van der Waals surface area contributed by atoms with Gasteiger partial charge in [-0.2, -0.15) is 0 Å². The first-order valence-corrected chi connectivity index (χ1v) is 9.31. The lowest BCUT2D eigenvalue weighted by Crippen LogP contribution is -2.42. The van der Waals surface area contributed by atoms with Crippen molar-refractivity contribution in [1.82, 2.24) is 5.32 Å². The second-order valence-electron chi connectivity index (χ2n) is 5.55. The highest BCUT2D eigenvalue weighted by molar-refractivity contribution is 7.91. The highest BCUT2D eigenvalue weighted by Gasteiger charge is 2.29. The van der Waals surface area contributed by atoms with Gasteiger partial charge in [0.1, 0.15) is 0 Å². The number of carbonyl (C=O) groups is 1. The van der Waals surface area contributed by atoms with Gasteiger partial charge < -0.3 is 10.1 Å². The van der Waals surface area contributed by atoms with Gasteiger partial charge in [-0.1, -0.05) is 19.8 Å². The Morgan fingerprint density at radius 1 is 1.35 bits per heavy atom. The molecule has 1 fully saturated rings. The molecule has 1 saturated carbocycles. The van der Waals surface area contributed by atoms with Crippen molar-refractivity contribution in [3.8, 4) is 0 Å². The van der Waals surface area contributed by atoms with E-state index in [1.165, 1.54) is 20.0 Å². The van der Waals surface area contributed by atoms with Crippen molar-refractivity contribution in [1.29, 1.82) is 0 Å². The number of nitrogens with one attached hydrogen (secondary N) is 1. The number of esters is 1. The Balaban J connectivity index is 2.55. The summed E-state index contributed by atoms with van der Waals surface area (Å²) in [5.41, 5.74) is 0. The summed E-state index contributed by atoms with van der Waals surface area (Å²) >= 11 is 0. The SMILES string of the molecule is CCCNC(CS(=O)(=O)CCC(=O)OC)C1CCCC1. The number of methoxy groups -OCH3 is 1. The standard InChI is InChI=1S/C14H27NO4S/c1-3-9-15-13(12-6-4-5-7-12)11-20(17,18)10-8-14(16)19-2/h12-13,15H,3-11H2,1-2H3. The molecule has 1 aliphatic carbocycles. The highest BCUT2D eigenvalue weighted by Crippen LogP contribution is 2.28. The van der Waals surface area contributed by atoms with E-state index in [0.717, 1.165) is 25.8 Å². The molecule has 0 radical (unpaired) electrons. The average molecular weight is 305 g/mol. The Morgan fingerprint density at radius 3 is 2.55 bits per heavy atom. The third-order valence-corrected chi connectivity index (χ3v) is 5.60. The molecule has 6 heteroatoms. The van der Waals surface area contributed by atoms with E-state index in [2.05, 4.69) is 17.0 Å². The predicted molar refractivity (Wildman–Crippen MR) is 79.3 cm³/mol. The number of hydrogen-bond acceptors (Lipinski definition) is 5. The molecule has 0 bridgehead atoms. The number of sulfone groups is 1. The summed E-state index contributed by atoms with van der Waals surface area (Å²) in [4.78, 5) is 11.1. The van der Waals surface area contributed by atoms with Gasteiger partial charge in [-0.25, -0.2) is 8.42 Å². The smallest absolute Gasteiger partial charge is 0.306 e. The molecular weight excluding hydrogens is 278 g/mol. The lowest BCUT2D eigenvalue weighted by atomic mass is 10.00. The highest BCUT2D eigenvalue weighted by atomic mass is 32.2. The summed E-state index contributed by atoms with van der Waals surface area (Å²) < 4.78 is 28.8. The topological polar surface area (TPSA) is 72.5 Å². The van der Waals surface area contributed by atoms with E-state index in [1.54, 1.807) is 0 Å². The molecule has 0 saturated heterocycles. The molecule has 0 spiro atoms. The van der Waals surface area contributed by atoms with Gasteiger partial charge in [0.05, 0.1) is 25.0 Å². The van der Waals surface area contributed by atoms with E-state index in [9.17, 15) is 13.2 Å². The van der Waals surface area contributed by atoms with E-state index in [1.807, 2.05) is 0 Å². The van der Waals surface area contributed by atoms with E-state index >= 15 is 0 Å². The molecule has 5 nitrogen and oxygen atoms in total. The molecule has 1 atom stereocenters. The first kappa shape index (κ1) is 17.4. The third-order valence-electron chi connectivity index (χ3n) is 3.90. The van der Waals surface area contributed by atoms with Crippen LogP contribution in [0.25, 0.3) is 0 Å². The molecule has 0 aliphatic heterocycles. The molecule has 118 valence electrons. The Morgan fingerprint density at radius 2 is 2.00 bits per heavy atom. The quantitative estimate of drug-likeness (QED) is 0.654. The molecule has 20 heavy (non-hydrogen) atoms. The van der Waals surface area contributed by atoms with Gasteiger partial charge in [-0.05, 0) is 31.7 Å². The normalized spacial score (nSPS) is 18.1. The van der Waals surface area contributed by atoms with Crippen LogP contribution >= 0.6 is 0 Å². The van der Waals surface area contributed by atoms with Crippen LogP contribution in [0.1, 0.15) is 45.4 Å². The Labute approximate surface area is 122 Å². The second kappa shape index (κ2) is 8.62. The zero-order valence-electron chi connectivity index (χ0n) is 12.6. The van der Waals surface area contributed by atoms with Gasteiger partial charge in [0.2, 0.25) is 0 Å². The molecule has 1 unspecified atom stereocenters. The lowest BCUT2D eigenvalue weighted by Gasteiger charge is -2.24. The molecule has 1 aliphatic rings. The molecule has 0 amide bonds. The maximum absolute atomic E-state index is 12.1. The van der Waals surface area contributed by atoms with Crippen LogP contribution in [0.3, 0.4) is 0 Å². The molecular formula is C14H27NO4S. The number of carbonyl (C=O) groups excluding carboxylic acids is 1. The largest absolute Gasteiger partial charge is 0.469 e. The van der Waals surface area contributed by atoms with Crippen molar-refractivity contribution in [3.63, 3.8) is 0 Å². The number of hydrogen-bond donors (Lipinski definition) is 1. The Kier molecular flexibility index (Phi) is 7.51. The van der Waals surface area contributed by atoms with Crippen molar-refractivity contribution in [3.05, 3.63) is 0 Å². The minimum Gasteiger partial charge on any atom is -0.469 e. The zero-order chi connectivity index (χ0) is 15.0. The van der Waals surface area contributed by atoms with Crippen molar-refractivity contribution in [2.75, 3.05) is 25.2 Å². The van der Waals surface area contributed by atoms with Gasteiger partial charge in [0.15, 0.2) is 9.84 Å². The molecule has 0 aromatic rings. The zero-order valence-corrected chi connectivity index (χ0v) is 13.4. The summed E-state index contributed by atoms with van der Waals surface area (Å²) in [5.74, 6) is 0.00713. The van der Waals surface area contributed by atoms with Crippen LogP contribution in [0, 0.1) is 5.92 Å². The second-order valence-corrected chi connectivity index (χ2v) is 7.77. The first-order chi connectivity index (χ1) is 9.48. The van der Waals surface area contributed by atoms with Crippen LogP contribution < -0.4 is 5.32 Å². The van der Waals surface area contributed by atoms with Crippen molar-refractivity contribution < 1.29 is 17.9 Å². The van der Waals surface area contributed by atoms with Crippen molar-refractivity contribution >= 4 is 15.8 Å². The molecule has 0 heterocycles. The summed E-state index contributed by atoms with van der Waals surface area (Å²) in [6.45, 7) is 2.91. The maximum Gasteiger partial charge on any atom is 0.306 e. The number of rotatable bonds is 9. The van der Waals surface area contributed by atoms with Gasteiger partial charge in [0.25, 0.3) is 0 Å². The summed E-state index contributed by atoms with van der Waals surface area (Å²) in [6, 6.07) is 0.0279. The van der Waals surface area contributed by atoms with Crippen LogP contribution in [0.2, 0.25) is 0 Å². The molecule has 1 rings (SSSR count). The lowest BCUT2D eigenvalue weighted by molar-refractivity contribution is -0.140. The predicted octanol–water partition coefficient (Wildman–Crippen LogP) is 1.52. The fourth-order valence-corrected chi connectivity index (χ4v) is 4.33. The molecule has 0 aromatic carbocycles. The minimum absolute atomic E-state index is 0.0279. The molecule has 1 N–H and O–H groups in total. The Hall–Kier alpha value is -0.620. The fourth-order valence-electron chi connectivity index (χ4n) is 2.75. The summed E-state index contributed by atoms with van der Waals surface area (Å²) in [6.07, 6.45) is 5.53. The fraction of sp³-hybridized carbons (Fsp3) is 0.929. The van der Waals surface area contributed by atoms with Crippen LogP contribution in [-0.2, 0) is 19.4 Å². The van der Waals surface area contributed by atoms with Crippen LogP contribution in [0.15, 0.2) is 0 Å². The molecule has 0 aromatic heterocycles. The monoisotopic (exact) mass is 305 g/mol. The van der Waals surface area contributed by atoms with Crippen LogP contribution in [0.4, 0.5) is 0 Å². The van der Waals surface area contributed by atoms with E-state index in [0.29, 0.717) is 5.92 Å². The maximum atomic E-state index is 12.1. The van der Waals surface area contributed by atoms with Gasteiger partial charge >= 0.3 is 5.97 Å².